The van der Waals surface area contributed by atoms with Crippen molar-refractivity contribution in [1.29, 1.82) is 0 Å². The summed E-state index contributed by atoms with van der Waals surface area (Å²) in [5.74, 6) is 1.25. The van der Waals surface area contributed by atoms with Gasteiger partial charge < -0.3 is 5.32 Å². The van der Waals surface area contributed by atoms with Crippen molar-refractivity contribution in [2.75, 3.05) is 25.6 Å². The molecule has 0 saturated carbocycles. The van der Waals surface area contributed by atoms with Crippen molar-refractivity contribution in [3.05, 3.63) is 0 Å². The molecule has 0 radical (unpaired) electrons. The molecule has 3 heteroatoms. The third-order valence-corrected chi connectivity index (χ3v) is 4.27. The van der Waals surface area contributed by atoms with E-state index < -0.39 is 0 Å². The number of rotatable bonds is 9. The molecule has 0 rings (SSSR count). The van der Waals surface area contributed by atoms with Crippen LogP contribution in [0.2, 0.25) is 0 Å². The maximum atomic E-state index is 3.56. The van der Waals surface area contributed by atoms with Crippen molar-refractivity contribution in [3.63, 3.8) is 0 Å². The first kappa shape index (κ1) is 18.3. The Hall–Kier alpha value is 0.270. The summed E-state index contributed by atoms with van der Waals surface area (Å²) in [4.78, 5) is 2.56. The van der Waals surface area contributed by atoms with Crippen LogP contribution < -0.4 is 5.32 Å². The lowest BCUT2D eigenvalue weighted by atomic mass is 10.1. The van der Waals surface area contributed by atoms with Gasteiger partial charge in [-0.05, 0) is 66.8 Å². The summed E-state index contributed by atoms with van der Waals surface area (Å²) in [5, 5.41) is 3.56. The fourth-order valence-corrected chi connectivity index (χ4v) is 3.00. The second-order valence-corrected chi connectivity index (χ2v) is 7.26. The molecule has 0 aromatic heterocycles. The molecule has 0 aliphatic carbocycles. The summed E-state index contributed by atoms with van der Waals surface area (Å²) in [7, 11) is 2.28. The first-order valence-electron chi connectivity index (χ1n) is 7.27. The summed E-state index contributed by atoms with van der Waals surface area (Å²) < 4.78 is 0. The van der Waals surface area contributed by atoms with Gasteiger partial charge in [-0.1, -0.05) is 6.92 Å². The molecular weight excluding hydrogens is 240 g/mol. The fraction of sp³-hybridized carbons (Fsp3) is 1.00. The Morgan fingerprint density at radius 2 is 1.89 bits per heavy atom. The lowest BCUT2D eigenvalue weighted by molar-refractivity contribution is 0.183. The van der Waals surface area contributed by atoms with Gasteiger partial charge in [0.25, 0.3) is 0 Å². The van der Waals surface area contributed by atoms with Gasteiger partial charge in [0.15, 0.2) is 0 Å². The molecule has 0 saturated heterocycles. The first-order chi connectivity index (χ1) is 8.31. The highest BCUT2D eigenvalue weighted by Crippen LogP contribution is 2.14. The minimum absolute atomic E-state index is 0.250. The van der Waals surface area contributed by atoms with Gasteiger partial charge in [-0.3, -0.25) is 4.90 Å². The predicted octanol–water partition coefficient (Wildman–Crippen LogP) is 3.62. The molecule has 0 spiro atoms. The van der Waals surface area contributed by atoms with E-state index in [-0.39, 0.29) is 5.54 Å². The lowest BCUT2D eigenvalue weighted by Gasteiger charge is -2.32. The average molecular weight is 275 g/mol. The molecule has 0 fully saturated rings. The Morgan fingerprint density at radius 1 is 1.28 bits per heavy atom. The van der Waals surface area contributed by atoms with E-state index in [2.05, 4.69) is 58.1 Å². The summed E-state index contributed by atoms with van der Waals surface area (Å²) in [5.41, 5.74) is 0.250. The second kappa shape index (κ2) is 9.22. The quantitative estimate of drug-likeness (QED) is 0.647. The third-order valence-electron chi connectivity index (χ3n) is 3.56. The Kier molecular flexibility index (Phi) is 9.36. The molecule has 0 heterocycles. The minimum atomic E-state index is 0.250. The van der Waals surface area contributed by atoms with E-state index in [9.17, 15) is 0 Å². The molecule has 110 valence electrons. The van der Waals surface area contributed by atoms with Gasteiger partial charge >= 0.3 is 0 Å². The van der Waals surface area contributed by atoms with Crippen LogP contribution in [-0.4, -0.2) is 48.1 Å². The van der Waals surface area contributed by atoms with Gasteiger partial charge in [-0.2, -0.15) is 11.8 Å². The lowest BCUT2D eigenvalue weighted by Crippen LogP contribution is -2.41. The van der Waals surface area contributed by atoms with E-state index >= 15 is 0 Å². The standard InChI is InChI=1S/C15H34N2S/c1-8-14(12-18-7)17(6)13(2)10-9-11-16-15(3,4)5/h13-14,16H,8-12H2,1-7H3. The zero-order valence-electron chi connectivity index (χ0n) is 13.5. The van der Waals surface area contributed by atoms with Gasteiger partial charge in [0, 0.05) is 23.4 Å². The number of thioether (sulfide) groups is 1. The fourth-order valence-electron chi connectivity index (χ4n) is 2.14. The molecule has 2 unspecified atom stereocenters. The molecule has 0 aliphatic rings. The molecule has 2 atom stereocenters. The second-order valence-electron chi connectivity index (χ2n) is 6.35. The summed E-state index contributed by atoms with van der Waals surface area (Å²) in [6.45, 7) is 12.5. The maximum absolute atomic E-state index is 3.56. The molecule has 0 amide bonds. The molecule has 0 aliphatic heterocycles. The molecule has 18 heavy (non-hydrogen) atoms. The van der Waals surface area contributed by atoms with Crippen molar-refractivity contribution in [2.24, 2.45) is 0 Å². The van der Waals surface area contributed by atoms with Gasteiger partial charge in [0.05, 0.1) is 0 Å². The molecule has 0 aromatic carbocycles. The molecular formula is C15H34N2S. The topological polar surface area (TPSA) is 15.3 Å². The van der Waals surface area contributed by atoms with E-state index in [1.54, 1.807) is 0 Å². The van der Waals surface area contributed by atoms with Crippen LogP contribution in [0, 0.1) is 0 Å². The molecule has 2 nitrogen and oxygen atoms in total. The van der Waals surface area contributed by atoms with Crippen LogP contribution in [0.15, 0.2) is 0 Å². The smallest absolute Gasteiger partial charge is 0.0183 e. The van der Waals surface area contributed by atoms with Gasteiger partial charge in [-0.15, -0.1) is 0 Å². The largest absolute Gasteiger partial charge is 0.312 e. The van der Waals surface area contributed by atoms with Crippen LogP contribution in [0.1, 0.15) is 53.9 Å². The van der Waals surface area contributed by atoms with Crippen LogP contribution >= 0.6 is 11.8 Å². The van der Waals surface area contributed by atoms with Crippen LogP contribution in [0.4, 0.5) is 0 Å². The average Bonchev–Trinajstić information content (AvgIpc) is 2.29. The first-order valence-corrected chi connectivity index (χ1v) is 8.67. The van der Waals surface area contributed by atoms with E-state index in [4.69, 9.17) is 0 Å². The number of nitrogens with one attached hydrogen (secondary N) is 1. The third kappa shape index (κ3) is 8.39. The van der Waals surface area contributed by atoms with E-state index in [0.717, 1.165) is 12.6 Å². The molecule has 0 aromatic rings. The summed E-state index contributed by atoms with van der Waals surface area (Å²) in [6.07, 6.45) is 6.00. The summed E-state index contributed by atoms with van der Waals surface area (Å²) >= 11 is 1.96. The molecule has 1 N–H and O–H groups in total. The Labute approximate surface area is 119 Å². The summed E-state index contributed by atoms with van der Waals surface area (Å²) in [6, 6.07) is 1.41. The van der Waals surface area contributed by atoms with E-state index in [1.165, 1.54) is 25.0 Å². The Balaban J connectivity index is 3.89. The van der Waals surface area contributed by atoms with Crippen molar-refractivity contribution >= 4 is 11.8 Å². The number of hydrogen-bond donors (Lipinski definition) is 1. The van der Waals surface area contributed by atoms with Crippen LogP contribution in [-0.2, 0) is 0 Å². The highest BCUT2D eigenvalue weighted by atomic mass is 32.2. The Bertz CT molecular complexity index is 201. The SMILES string of the molecule is CCC(CSC)N(C)C(C)CCCNC(C)(C)C. The van der Waals surface area contributed by atoms with Crippen molar-refractivity contribution in [3.8, 4) is 0 Å². The van der Waals surface area contributed by atoms with Crippen molar-refractivity contribution in [2.45, 2.75) is 71.5 Å². The van der Waals surface area contributed by atoms with Gasteiger partial charge in [-0.25, -0.2) is 0 Å². The highest BCUT2D eigenvalue weighted by molar-refractivity contribution is 7.98. The van der Waals surface area contributed by atoms with Crippen LogP contribution in [0.5, 0.6) is 0 Å². The zero-order chi connectivity index (χ0) is 14.2. The van der Waals surface area contributed by atoms with E-state index in [0.29, 0.717) is 6.04 Å². The predicted molar refractivity (Wildman–Crippen MR) is 86.7 cm³/mol. The normalized spacial score (nSPS) is 16.0. The maximum Gasteiger partial charge on any atom is 0.0183 e. The van der Waals surface area contributed by atoms with Gasteiger partial charge in [0.1, 0.15) is 0 Å². The van der Waals surface area contributed by atoms with Gasteiger partial charge in [0.2, 0.25) is 0 Å². The monoisotopic (exact) mass is 274 g/mol. The van der Waals surface area contributed by atoms with Crippen molar-refractivity contribution < 1.29 is 0 Å². The zero-order valence-corrected chi connectivity index (χ0v) is 14.4. The highest BCUT2D eigenvalue weighted by Gasteiger charge is 2.17. The number of nitrogens with zero attached hydrogens (tertiary/aromatic N) is 1. The van der Waals surface area contributed by atoms with Crippen molar-refractivity contribution in [1.82, 2.24) is 10.2 Å². The van der Waals surface area contributed by atoms with Crippen LogP contribution in [0.3, 0.4) is 0 Å². The Morgan fingerprint density at radius 3 is 2.33 bits per heavy atom. The minimum Gasteiger partial charge on any atom is -0.312 e. The molecule has 0 bridgehead atoms. The van der Waals surface area contributed by atoms with Crippen LogP contribution in [0.25, 0.3) is 0 Å². The van der Waals surface area contributed by atoms with E-state index in [1.807, 2.05) is 11.8 Å². The number of hydrogen-bond acceptors (Lipinski definition) is 3.